The molecule has 3 N–H and O–H groups in total. The van der Waals surface area contributed by atoms with Crippen LogP contribution in [0.2, 0.25) is 0 Å². The SMILES string of the molecule is CC(C)(C)S(=O)N[C@@H]1C[C@H](O)CC12CCN(C(=O)O)CC2. The van der Waals surface area contributed by atoms with Crippen molar-refractivity contribution < 1.29 is 19.2 Å². The summed E-state index contributed by atoms with van der Waals surface area (Å²) >= 11 is 0. The summed E-state index contributed by atoms with van der Waals surface area (Å²) < 4.78 is 15.2. The number of carboxylic acid groups (broad SMARTS) is 1. The van der Waals surface area contributed by atoms with Crippen LogP contribution in [0.1, 0.15) is 46.5 Å². The molecule has 1 heterocycles. The zero-order valence-electron chi connectivity index (χ0n) is 13.0. The highest BCUT2D eigenvalue weighted by molar-refractivity contribution is 7.84. The Morgan fingerprint density at radius 1 is 1.33 bits per heavy atom. The van der Waals surface area contributed by atoms with Crippen LogP contribution in [0.25, 0.3) is 0 Å². The summed E-state index contributed by atoms with van der Waals surface area (Å²) in [5.74, 6) is 0. The smallest absolute Gasteiger partial charge is 0.407 e. The molecule has 3 atom stereocenters. The molecule has 0 aromatic heterocycles. The number of aliphatic hydroxyl groups excluding tert-OH is 1. The Morgan fingerprint density at radius 3 is 2.38 bits per heavy atom. The van der Waals surface area contributed by atoms with Gasteiger partial charge >= 0.3 is 6.09 Å². The summed E-state index contributed by atoms with van der Waals surface area (Å²) in [4.78, 5) is 12.4. The number of likely N-dealkylation sites (tertiary alicyclic amines) is 1. The summed E-state index contributed by atoms with van der Waals surface area (Å²) in [6, 6.07) is -0.0106. The predicted molar refractivity (Wildman–Crippen MR) is 81.3 cm³/mol. The average Bonchev–Trinajstić information content (AvgIpc) is 2.64. The van der Waals surface area contributed by atoms with Crippen molar-refractivity contribution >= 4 is 17.1 Å². The molecule has 0 aromatic rings. The molecule has 21 heavy (non-hydrogen) atoms. The van der Waals surface area contributed by atoms with E-state index in [-0.39, 0.29) is 16.2 Å². The minimum absolute atomic E-state index is 0.0106. The fourth-order valence-corrected chi connectivity index (χ4v) is 4.35. The molecule has 1 saturated heterocycles. The second kappa shape index (κ2) is 5.85. The molecule has 1 unspecified atom stereocenters. The van der Waals surface area contributed by atoms with E-state index in [1.54, 1.807) is 0 Å². The van der Waals surface area contributed by atoms with Crippen molar-refractivity contribution in [3.8, 4) is 0 Å². The molecule has 0 aromatic carbocycles. The van der Waals surface area contributed by atoms with Crippen LogP contribution in [0.5, 0.6) is 0 Å². The van der Waals surface area contributed by atoms with E-state index in [1.807, 2.05) is 20.8 Å². The van der Waals surface area contributed by atoms with Gasteiger partial charge in [0.15, 0.2) is 0 Å². The first-order valence-electron chi connectivity index (χ1n) is 7.48. The first-order valence-corrected chi connectivity index (χ1v) is 8.63. The molecule has 6 nitrogen and oxygen atoms in total. The molecular weight excluding hydrogens is 292 g/mol. The zero-order chi connectivity index (χ0) is 15.8. The molecule has 2 rings (SSSR count). The summed E-state index contributed by atoms with van der Waals surface area (Å²) in [5.41, 5.74) is -0.133. The highest BCUT2D eigenvalue weighted by atomic mass is 32.2. The number of piperidine rings is 1. The van der Waals surface area contributed by atoms with Gasteiger partial charge in [0, 0.05) is 19.1 Å². The van der Waals surface area contributed by atoms with Crippen molar-refractivity contribution in [2.45, 2.75) is 63.3 Å². The number of hydrogen-bond acceptors (Lipinski definition) is 3. The maximum absolute atomic E-state index is 12.3. The Bertz CT molecular complexity index is 427. The molecule has 2 aliphatic rings. The van der Waals surface area contributed by atoms with Crippen molar-refractivity contribution in [1.29, 1.82) is 0 Å². The molecule has 0 bridgehead atoms. The summed E-state index contributed by atoms with van der Waals surface area (Å²) in [5, 5.41) is 19.1. The second-order valence-corrected chi connectivity index (χ2v) is 9.28. The minimum atomic E-state index is -1.18. The molecular formula is C14H26N2O4S. The minimum Gasteiger partial charge on any atom is -0.465 e. The van der Waals surface area contributed by atoms with Crippen LogP contribution in [-0.2, 0) is 11.0 Å². The lowest BCUT2D eigenvalue weighted by molar-refractivity contribution is 0.0723. The Hall–Kier alpha value is -0.660. The molecule has 2 fully saturated rings. The number of amides is 1. The summed E-state index contributed by atoms with van der Waals surface area (Å²) in [7, 11) is -1.18. The number of aliphatic hydroxyl groups is 1. The monoisotopic (exact) mass is 318 g/mol. The van der Waals surface area contributed by atoms with E-state index in [2.05, 4.69) is 4.72 Å². The van der Waals surface area contributed by atoms with Crippen LogP contribution in [-0.4, -0.2) is 55.4 Å². The number of nitrogens with one attached hydrogen (secondary N) is 1. The van der Waals surface area contributed by atoms with Crippen molar-refractivity contribution in [2.75, 3.05) is 13.1 Å². The van der Waals surface area contributed by atoms with Crippen LogP contribution in [0, 0.1) is 5.41 Å². The van der Waals surface area contributed by atoms with Crippen LogP contribution < -0.4 is 4.72 Å². The van der Waals surface area contributed by atoms with E-state index in [0.717, 1.165) is 12.8 Å². The fourth-order valence-electron chi connectivity index (χ4n) is 3.39. The van der Waals surface area contributed by atoms with Crippen molar-refractivity contribution in [3.63, 3.8) is 0 Å². The van der Waals surface area contributed by atoms with E-state index >= 15 is 0 Å². The third-order valence-electron chi connectivity index (χ3n) is 4.72. The molecule has 122 valence electrons. The number of hydrogen-bond donors (Lipinski definition) is 3. The largest absolute Gasteiger partial charge is 0.465 e. The van der Waals surface area contributed by atoms with Gasteiger partial charge in [-0.3, -0.25) is 0 Å². The topological polar surface area (TPSA) is 89.9 Å². The zero-order valence-corrected chi connectivity index (χ0v) is 13.8. The molecule has 1 spiro atoms. The van der Waals surface area contributed by atoms with Crippen LogP contribution in [0.4, 0.5) is 4.79 Å². The molecule has 1 saturated carbocycles. The van der Waals surface area contributed by atoms with E-state index in [0.29, 0.717) is 25.9 Å². The fraction of sp³-hybridized carbons (Fsp3) is 0.929. The lowest BCUT2D eigenvalue weighted by Gasteiger charge is -2.42. The Kier molecular flexibility index (Phi) is 4.66. The molecule has 1 amide bonds. The van der Waals surface area contributed by atoms with Gasteiger partial charge in [-0.05, 0) is 51.9 Å². The van der Waals surface area contributed by atoms with E-state index in [9.17, 15) is 14.1 Å². The van der Waals surface area contributed by atoms with Crippen LogP contribution in [0.3, 0.4) is 0 Å². The van der Waals surface area contributed by atoms with Gasteiger partial charge in [-0.25, -0.2) is 13.7 Å². The maximum atomic E-state index is 12.3. The van der Waals surface area contributed by atoms with E-state index in [1.165, 1.54) is 4.90 Å². The lowest BCUT2D eigenvalue weighted by atomic mass is 9.74. The third kappa shape index (κ3) is 3.57. The third-order valence-corrected chi connectivity index (χ3v) is 6.34. The van der Waals surface area contributed by atoms with Gasteiger partial charge in [-0.2, -0.15) is 0 Å². The normalized spacial score (nSPS) is 30.6. The quantitative estimate of drug-likeness (QED) is 0.716. The Labute approximate surface area is 128 Å². The number of rotatable bonds is 2. The van der Waals surface area contributed by atoms with Gasteiger partial charge in [0.25, 0.3) is 0 Å². The van der Waals surface area contributed by atoms with Gasteiger partial charge in [-0.15, -0.1) is 0 Å². The van der Waals surface area contributed by atoms with E-state index < -0.39 is 23.2 Å². The van der Waals surface area contributed by atoms with E-state index in [4.69, 9.17) is 5.11 Å². The van der Waals surface area contributed by atoms with Crippen LogP contribution in [0.15, 0.2) is 0 Å². The lowest BCUT2D eigenvalue weighted by Crippen LogP contribution is -2.51. The van der Waals surface area contributed by atoms with Crippen molar-refractivity contribution in [3.05, 3.63) is 0 Å². The van der Waals surface area contributed by atoms with Crippen molar-refractivity contribution in [2.24, 2.45) is 5.41 Å². The average molecular weight is 318 g/mol. The Balaban J connectivity index is 2.07. The van der Waals surface area contributed by atoms with Crippen molar-refractivity contribution in [1.82, 2.24) is 9.62 Å². The summed E-state index contributed by atoms with van der Waals surface area (Å²) in [6.07, 6.45) is 1.42. The van der Waals surface area contributed by atoms with Gasteiger partial charge in [-0.1, -0.05) is 0 Å². The molecule has 1 aliphatic heterocycles. The number of nitrogens with zero attached hydrogens (tertiary/aromatic N) is 1. The standard InChI is InChI=1S/C14H26N2O4S/c1-13(2,3)21(20)15-11-8-10(17)9-14(11)4-6-16(7-5-14)12(18)19/h10-11,15,17H,4-9H2,1-3H3,(H,18,19)/t10-,11+,21?/m0/s1. The van der Waals surface area contributed by atoms with Gasteiger partial charge in [0.1, 0.15) is 0 Å². The van der Waals surface area contributed by atoms with Gasteiger partial charge < -0.3 is 15.1 Å². The first-order chi connectivity index (χ1) is 9.64. The molecule has 7 heteroatoms. The second-order valence-electron chi connectivity index (χ2n) is 7.28. The number of carbonyl (C=O) groups is 1. The Morgan fingerprint density at radius 2 is 1.90 bits per heavy atom. The summed E-state index contributed by atoms with van der Waals surface area (Å²) in [6.45, 7) is 6.73. The van der Waals surface area contributed by atoms with Gasteiger partial charge in [0.05, 0.1) is 21.8 Å². The van der Waals surface area contributed by atoms with Crippen LogP contribution >= 0.6 is 0 Å². The molecule has 1 aliphatic carbocycles. The highest BCUT2D eigenvalue weighted by Gasteiger charge is 2.49. The molecule has 0 radical (unpaired) electrons. The maximum Gasteiger partial charge on any atom is 0.407 e. The van der Waals surface area contributed by atoms with Gasteiger partial charge in [0.2, 0.25) is 0 Å². The highest BCUT2D eigenvalue weighted by Crippen LogP contribution is 2.46. The predicted octanol–water partition coefficient (Wildman–Crippen LogP) is 1.32. The first kappa shape index (κ1) is 16.7.